The van der Waals surface area contributed by atoms with Crippen LogP contribution in [-0.2, 0) is 14.8 Å². The van der Waals surface area contributed by atoms with Crippen molar-refractivity contribution >= 4 is 15.9 Å². The van der Waals surface area contributed by atoms with Gasteiger partial charge in [0.1, 0.15) is 18.1 Å². The Morgan fingerprint density at radius 2 is 1.77 bits per heavy atom. The molecule has 0 radical (unpaired) electrons. The van der Waals surface area contributed by atoms with Crippen molar-refractivity contribution in [3.05, 3.63) is 54.1 Å². The SMILES string of the molecule is COc1ccc(OC[C@H](C)NC(=O)[C@@H]2CCCN(S(=O)(=O)c3ccc(C)cc3)C2)cc1. The molecule has 1 aliphatic heterocycles. The summed E-state index contributed by atoms with van der Waals surface area (Å²) in [5.74, 6) is 0.915. The van der Waals surface area contributed by atoms with E-state index >= 15 is 0 Å². The van der Waals surface area contributed by atoms with Crippen molar-refractivity contribution in [3.63, 3.8) is 0 Å². The van der Waals surface area contributed by atoms with Gasteiger partial charge in [-0.25, -0.2) is 8.42 Å². The molecule has 0 aromatic heterocycles. The minimum atomic E-state index is -3.61. The molecule has 1 heterocycles. The number of carbonyl (C=O) groups is 1. The molecule has 2 atom stereocenters. The summed E-state index contributed by atoms with van der Waals surface area (Å²) in [5.41, 5.74) is 1.00. The maximum absolute atomic E-state index is 13.0. The van der Waals surface area contributed by atoms with E-state index in [1.165, 1.54) is 4.31 Å². The topological polar surface area (TPSA) is 84.9 Å². The third-order valence-electron chi connectivity index (χ3n) is 5.36. The van der Waals surface area contributed by atoms with Crippen molar-refractivity contribution < 1.29 is 22.7 Å². The third-order valence-corrected chi connectivity index (χ3v) is 7.24. The minimum Gasteiger partial charge on any atom is -0.497 e. The van der Waals surface area contributed by atoms with Gasteiger partial charge < -0.3 is 14.8 Å². The number of amides is 1. The lowest BCUT2D eigenvalue weighted by atomic mass is 9.98. The molecule has 31 heavy (non-hydrogen) atoms. The normalized spacial score (nSPS) is 18.2. The molecule has 2 aromatic carbocycles. The molecule has 1 fully saturated rings. The van der Waals surface area contributed by atoms with E-state index in [1.807, 2.05) is 38.1 Å². The van der Waals surface area contributed by atoms with Crippen LogP contribution in [0, 0.1) is 12.8 Å². The van der Waals surface area contributed by atoms with E-state index in [-0.39, 0.29) is 29.3 Å². The second-order valence-corrected chi connectivity index (χ2v) is 9.85. The number of ether oxygens (including phenoxy) is 2. The number of nitrogens with one attached hydrogen (secondary N) is 1. The second kappa shape index (κ2) is 10.2. The lowest BCUT2D eigenvalue weighted by Crippen LogP contribution is -2.48. The van der Waals surface area contributed by atoms with Crippen molar-refractivity contribution in [2.75, 3.05) is 26.8 Å². The molecule has 2 aromatic rings. The third kappa shape index (κ3) is 5.98. The number of benzene rings is 2. The lowest BCUT2D eigenvalue weighted by Gasteiger charge is -2.31. The first kappa shape index (κ1) is 23.1. The Bertz CT molecular complexity index is 974. The first-order valence-corrected chi connectivity index (χ1v) is 11.9. The van der Waals surface area contributed by atoms with Gasteiger partial charge in [-0.15, -0.1) is 0 Å². The monoisotopic (exact) mass is 446 g/mol. The van der Waals surface area contributed by atoms with Gasteiger partial charge in [0, 0.05) is 13.1 Å². The lowest BCUT2D eigenvalue weighted by molar-refractivity contribution is -0.126. The molecule has 1 N–H and O–H groups in total. The molecule has 0 bridgehead atoms. The van der Waals surface area contributed by atoms with Crippen LogP contribution < -0.4 is 14.8 Å². The van der Waals surface area contributed by atoms with Gasteiger partial charge in [-0.1, -0.05) is 17.7 Å². The standard InChI is InChI=1S/C23H30N2O5S/c1-17-6-12-22(13-7-17)31(27,28)25-14-4-5-19(15-25)23(26)24-18(2)16-30-21-10-8-20(29-3)9-11-21/h6-13,18-19H,4-5,14-16H2,1-3H3,(H,24,26)/t18-,19+/m0/s1. The smallest absolute Gasteiger partial charge is 0.243 e. The predicted molar refractivity (Wildman–Crippen MR) is 119 cm³/mol. The summed E-state index contributed by atoms with van der Waals surface area (Å²) in [4.78, 5) is 13.0. The van der Waals surface area contributed by atoms with E-state index < -0.39 is 10.0 Å². The van der Waals surface area contributed by atoms with Crippen LogP contribution in [0.15, 0.2) is 53.4 Å². The van der Waals surface area contributed by atoms with E-state index in [1.54, 1.807) is 31.4 Å². The Kier molecular flexibility index (Phi) is 7.56. The van der Waals surface area contributed by atoms with E-state index in [9.17, 15) is 13.2 Å². The Morgan fingerprint density at radius 1 is 1.13 bits per heavy atom. The Hall–Kier alpha value is -2.58. The fourth-order valence-corrected chi connectivity index (χ4v) is 5.05. The summed E-state index contributed by atoms with van der Waals surface area (Å²) in [7, 11) is -2.00. The van der Waals surface area contributed by atoms with Crippen LogP contribution in [0.2, 0.25) is 0 Å². The number of carbonyl (C=O) groups excluding carboxylic acids is 1. The van der Waals surface area contributed by atoms with E-state index in [4.69, 9.17) is 9.47 Å². The van der Waals surface area contributed by atoms with Crippen LogP contribution in [0.3, 0.4) is 0 Å². The van der Waals surface area contributed by atoms with Crippen LogP contribution in [0.1, 0.15) is 25.3 Å². The summed E-state index contributed by atoms with van der Waals surface area (Å²) in [6.07, 6.45) is 1.32. The van der Waals surface area contributed by atoms with Crippen molar-refractivity contribution in [1.82, 2.24) is 9.62 Å². The summed E-state index contributed by atoms with van der Waals surface area (Å²) >= 11 is 0. The number of methoxy groups -OCH3 is 1. The molecular formula is C23H30N2O5S. The average Bonchev–Trinajstić information content (AvgIpc) is 2.78. The van der Waals surface area contributed by atoms with Crippen molar-refractivity contribution in [2.24, 2.45) is 5.92 Å². The Morgan fingerprint density at radius 3 is 2.42 bits per heavy atom. The molecule has 0 aliphatic carbocycles. The van der Waals surface area contributed by atoms with Gasteiger partial charge in [-0.2, -0.15) is 4.31 Å². The van der Waals surface area contributed by atoms with Crippen LogP contribution in [0.25, 0.3) is 0 Å². The van der Waals surface area contributed by atoms with E-state index in [0.717, 1.165) is 11.3 Å². The number of hydrogen-bond donors (Lipinski definition) is 1. The molecule has 0 unspecified atom stereocenters. The maximum Gasteiger partial charge on any atom is 0.243 e. The fourth-order valence-electron chi connectivity index (χ4n) is 3.53. The first-order chi connectivity index (χ1) is 14.8. The minimum absolute atomic E-state index is 0.144. The fraction of sp³-hybridized carbons (Fsp3) is 0.435. The van der Waals surface area contributed by atoms with Crippen molar-refractivity contribution in [2.45, 2.75) is 37.6 Å². The van der Waals surface area contributed by atoms with Crippen LogP contribution >= 0.6 is 0 Å². The number of nitrogens with zero attached hydrogens (tertiary/aromatic N) is 1. The molecule has 0 saturated carbocycles. The van der Waals surface area contributed by atoms with Crippen molar-refractivity contribution in [1.29, 1.82) is 0 Å². The molecular weight excluding hydrogens is 416 g/mol. The number of rotatable bonds is 8. The molecule has 7 nitrogen and oxygen atoms in total. The summed E-state index contributed by atoms with van der Waals surface area (Å²) in [5, 5.41) is 2.95. The zero-order valence-electron chi connectivity index (χ0n) is 18.2. The summed E-state index contributed by atoms with van der Waals surface area (Å²) < 4.78 is 38.2. The number of hydrogen-bond acceptors (Lipinski definition) is 5. The van der Waals surface area contributed by atoms with Crippen LogP contribution in [0.5, 0.6) is 11.5 Å². The van der Waals surface area contributed by atoms with Gasteiger partial charge in [0.25, 0.3) is 0 Å². The summed E-state index contributed by atoms with van der Waals surface area (Å²) in [6.45, 7) is 4.71. The highest BCUT2D eigenvalue weighted by molar-refractivity contribution is 7.89. The molecule has 1 saturated heterocycles. The molecule has 1 amide bonds. The Labute approximate surface area is 184 Å². The zero-order chi connectivity index (χ0) is 22.4. The number of sulfonamides is 1. The number of aryl methyl sites for hydroxylation is 1. The molecule has 8 heteroatoms. The van der Waals surface area contributed by atoms with Crippen molar-refractivity contribution in [3.8, 4) is 11.5 Å². The van der Waals surface area contributed by atoms with Crippen LogP contribution in [0.4, 0.5) is 0 Å². The van der Waals surface area contributed by atoms with E-state index in [0.29, 0.717) is 31.7 Å². The second-order valence-electron chi connectivity index (χ2n) is 7.91. The quantitative estimate of drug-likeness (QED) is 0.674. The van der Waals surface area contributed by atoms with Crippen LogP contribution in [-0.4, -0.2) is 51.5 Å². The summed E-state index contributed by atoms with van der Waals surface area (Å²) in [6, 6.07) is 13.8. The van der Waals surface area contributed by atoms with Gasteiger partial charge in [0.2, 0.25) is 15.9 Å². The van der Waals surface area contributed by atoms with Gasteiger partial charge in [-0.05, 0) is 63.1 Å². The van der Waals surface area contributed by atoms with Gasteiger partial charge in [0.15, 0.2) is 0 Å². The largest absolute Gasteiger partial charge is 0.497 e. The maximum atomic E-state index is 13.0. The van der Waals surface area contributed by atoms with E-state index in [2.05, 4.69) is 5.32 Å². The highest BCUT2D eigenvalue weighted by Gasteiger charge is 2.33. The average molecular weight is 447 g/mol. The Balaban J connectivity index is 1.54. The molecule has 1 aliphatic rings. The molecule has 168 valence electrons. The molecule has 3 rings (SSSR count). The van der Waals surface area contributed by atoms with Gasteiger partial charge >= 0.3 is 0 Å². The molecule has 0 spiro atoms. The number of piperidine rings is 1. The highest BCUT2D eigenvalue weighted by Crippen LogP contribution is 2.24. The zero-order valence-corrected chi connectivity index (χ0v) is 19.0. The van der Waals surface area contributed by atoms with Gasteiger partial charge in [-0.3, -0.25) is 4.79 Å². The highest BCUT2D eigenvalue weighted by atomic mass is 32.2. The predicted octanol–water partition coefficient (Wildman–Crippen LogP) is 2.99. The first-order valence-electron chi connectivity index (χ1n) is 10.4. The van der Waals surface area contributed by atoms with Gasteiger partial charge in [0.05, 0.1) is 24.0 Å².